The normalized spacial score (nSPS) is 12.9. The third-order valence-corrected chi connectivity index (χ3v) is 6.01. The van der Waals surface area contributed by atoms with Gasteiger partial charge in [-0.2, -0.15) is 5.26 Å². The van der Waals surface area contributed by atoms with E-state index in [1.165, 1.54) is 11.1 Å². The van der Waals surface area contributed by atoms with E-state index in [1.54, 1.807) is 6.92 Å². The van der Waals surface area contributed by atoms with Crippen molar-refractivity contribution in [1.82, 2.24) is 4.98 Å². The molecule has 0 spiro atoms. The zero-order chi connectivity index (χ0) is 21.8. The molecule has 3 nitrogen and oxygen atoms in total. The summed E-state index contributed by atoms with van der Waals surface area (Å²) in [6.45, 7) is 3.77. The van der Waals surface area contributed by atoms with Gasteiger partial charge in [0.2, 0.25) is 0 Å². The zero-order valence-corrected chi connectivity index (χ0v) is 18.0. The summed E-state index contributed by atoms with van der Waals surface area (Å²) < 4.78 is 0. The Hall–Kier alpha value is -3.64. The SMILES string of the molecule is Cc1cc2ccc(C(C)(C#N)Cc3cccc(CCc4ccccc4)c3)cc2[nH]c1=O. The van der Waals surface area contributed by atoms with E-state index < -0.39 is 5.41 Å². The van der Waals surface area contributed by atoms with Crippen LogP contribution in [0.25, 0.3) is 10.9 Å². The Morgan fingerprint density at radius 3 is 2.35 bits per heavy atom. The fourth-order valence-corrected chi connectivity index (χ4v) is 4.10. The molecule has 0 bridgehead atoms. The lowest BCUT2D eigenvalue weighted by Gasteiger charge is -2.23. The van der Waals surface area contributed by atoms with E-state index in [0.29, 0.717) is 12.0 Å². The Morgan fingerprint density at radius 2 is 1.58 bits per heavy atom. The van der Waals surface area contributed by atoms with Crippen molar-refractivity contribution in [3.05, 3.63) is 117 Å². The molecule has 0 aliphatic carbocycles. The highest BCUT2D eigenvalue weighted by Crippen LogP contribution is 2.30. The van der Waals surface area contributed by atoms with Gasteiger partial charge >= 0.3 is 0 Å². The maximum Gasteiger partial charge on any atom is 0.251 e. The number of aromatic nitrogens is 1. The second kappa shape index (κ2) is 8.62. The first-order chi connectivity index (χ1) is 15.0. The van der Waals surface area contributed by atoms with E-state index in [1.807, 2.05) is 37.3 Å². The van der Waals surface area contributed by atoms with Crippen LogP contribution in [0.2, 0.25) is 0 Å². The first-order valence-electron chi connectivity index (χ1n) is 10.6. The first kappa shape index (κ1) is 20.6. The van der Waals surface area contributed by atoms with E-state index in [0.717, 1.165) is 34.9 Å². The first-order valence-corrected chi connectivity index (χ1v) is 10.6. The van der Waals surface area contributed by atoms with E-state index in [9.17, 15) is 10.1 Å². The molecule has 4 aromatic rings. The third kappa shape index (κ3) is 4.59. The average molecular weight is 407 g/mol. The van der Waals surface area contributed by atoms with Gasteiger partial charge in [-0.3, -0.25) is 4.79 Å². The Morgan fingerprint density at radius 1 is 0.871 bits per heavy atom. The van der Waals surface area contributed by atoms with Gasteiger partial charge in [-0.25, -0.2) is 0 Å². The maximum absolute atomic E-state index is 12.0. The van der Waals surface area contributed by atoms with Crippen molar-refractivity contribution in [3.8, 4) is 6.07 Å². The molecule has 0 aliphatic rings. The van der Waals surface area contributed by atoms with Gasteiger partial charge < -0.3 is 4.98 Å². The molecule has 4 rings (SSSR count). The number of H-pyrrole nitrogens is 1. The zero-order valence-electron chi connectivity index (χ0n) is 18.0. The summed E-state index contributed by atoms with van der Waals surface area (Å²) in [7, 11) is 0. The number of fused-ring (bicyclic) bond motifs is 1. The van der Waals surface area contributed by atoms with Crippen LogP contribution in [0.3, 0.4) is 0 Å². The van der Waals surface area contributed by atoms with Crippen LogP contribution >= 0.6 is 0 Å². The predicted molar refractivity (Wildman–Crippen MR) is 126 cm³/mol. The highest BCUT2D eigenvalue weighted by Gasteiger charge is 2.27. The number of aromatic amines is 1. The van der Waals surface area contributed by atoms with Crippen LogP contribution in [-0.2, 0) is 24.7 Å². The van der Waals surface area contributed by atoms with Gasteiger partial charge in [0, 0.05) is 11.1 Å². The summed E-state index contributed by atoms with van der Waals surface area (Å²) in [6, 6.07) is 29.4. The summed E-state index contributed by atoms with van der Waals surface area (Å²) in [5, 5.41) is 11.0. The molecular formula is C28H26N2O. The molecule has 3 heteroatoms. The molecule has 31 heavy (non-hydrogen) atoms. The van der Waals surface area contributed by atoms with E-state index in [2.05, 4.69) is 59.6 Å². The molecule has 0 saturated heterocycles. The molecule has 0 radical (unpaired) electrons. The van der Waals surface area contributed by atoms with Crippen LogP contribution in [0.5, 0.6) is 0 Å². The van der Waals surface area contributed by atoms with Crippen molar-refractivity contribution in [1.29, 1.82) is 5.26 Å². The molecule has 0 saturated carbocycles. The van der Waals surface area contributed by atoms with Crippen LogP contribution in [0.15, 0.2) is 83.7 Å². The summed E-state index contributed by atoms with van der Waals surface area (Å²) >= 11 is 0. The fourth-order valence-electron chi connectivity index (χ4n) is 4.10. The number of nitriles is 1. The topological polar surface area (TPSA) is 56.6 Å². The molecule has 1 unspecified atom stereocenters. The minimum atomic E-state index is -0.686. The Kier molecular flexibility index (Phi) is 5.73. The van der Waals surface area contributed by atoms with Crippen LogP contribution in [-0.4, -0.2) is 4.98 Å². The molecule has 0 amide bonds. The Labute approximate surface area is 183 Å². The van der Waals surface area contributed by atoms with Crippen molar-refractivity contribution in [2.24, 2.45) is 0 Å². The van der Waals surface area contributed by atoms with E-state index in [-0.39, 0.29) is 5.56 Å². The number of rotatable bonds is 6. The van der Waals surface area contributed by atoms with Crippen LogP contribution in [0, 0.1) is 18.3 Å². The summed E-state index contributed by atoms with van der Waals surface area (Å²) in [5.41, 5.74) is 5.35. The molecule has 1 aromatic heterocycles. The number of hydrogen-bond donors (Lipinski definition) is 1. The number of benzene rings is 3. The van der Waals surface area contributed by atoms with Crippen LogP contribution in [0.1, 0.15) is 34.7 Å². The quantitative estimate of drug-likeness (QED) is 0.450. The second-order valence-electron chi connectivity index (χ2n) is 8.51. The van der Waals surface area contributed by atoms with Crippen LogP contribution < -0.4 is 5.56 Å². The number of nitrogens with zero attached hydrogens (tertiary/aromatic N) is 1. The van der Waals surface area contributed by atoms with Crippen molar-refractivity contribution in [2.75, 3.05) is 0 Å². The molecule has 154 valence electrons. The van der Waals surface area contributed by atoms with Crippen molar-refractivity contribution in [2.45, 2.75) is 38.5 Å². The maximum atomic E-state index is 12.0. The molecule has 1 atom stereocenters. The lowest BCUT2D eigenvalue weighted by molar-refractivity contribution is 0.606. The van der Waals surface area contributed by atoms with Crippen molar-refractivity contribution < 1.29 is 0 Å². The Balaban J connectivity index is 1.58. The van der Waals surface area contributed by atoms with Gasteiger partial charge in [0.1, 0.15) is 0 Å². The summed E-state index contributed by atoms with van der Waals surface area (Å²) in [5.74, 6) is 0. The monoisotopic (exact) mass is 406 g/mol. The number of nitrogens with one attached hydrogen (secondary N) is 1. The van der Waals surface area contributed by atoms with E-state index in [4.69, 9.17) is 0 Å². The summed E-state index contributed by atoms with van der Waals surface area (Å²) in [4.78, 5) is 15.0. The minimum absolute atomic E-state index is 0.0885. The highest BCUT2D eigenvalue weighted by molar-refractivity contribution is 5.80. The molecular weight excluding hydrogens is 380 g/mol. The molecule has 3 aromatic carbocycles. The van der Waals surface area contributed by atoms with Crippen molar-refractivity contribution >= 4 is 10.9 Å². The highest BCUT2D eigenvalue weighted by atomic mass is 16.1. The average Bonchev–Trinajstić information content (AvgIpc) is 2.79. The Bertz CT molecular complexity index is 1310. The van der Waals surface area contributed by atoms with Gasteiger partial charge in [0.05, 0.1) is 11.5 Å². The predicted octanol–water partition coefficient (Wildman–Crippen LogP) is 5.65. The van der Waals surface area contributed by atoms with E-state index >= 15 is 0 Å². The van der Waals surface area contributed by atoms with Gasteiger partial charge in [-0.1, -0.05) is 66.7 Å². The summed E-state index contributed by atoms with van der Waals surface area (Å²) in [6.07, 6.45) is 2.58. The number of aryl methyl sites for hydroxylation is 3. The smallest absolute Gasteiger partial charge is 0.251 e. The van der Waals surface area contributed by atoms with Crippen molar-refractivity contribution in [3.63, 3.8) is 0 Å². The van der Waals surface area contributed by atoms with Gasteiger partial charge in [0.15, 0.2) is 0 Å². The largest absolute Gasteiger partial charge is 0.322 e. The number of pyridine rings is 1. The lowest BCUT2D eigenvalue weighted by atomic mass is 9.78. The minimum Gasteiger partial charge on any atom is -0.322 e. The fraction of sp³-hybridized carbons (Fsp3) is 0.214. The van der Waals surface area contributed by atoms with Crippen LogP contribution in [0.4, 0.5) is 0 Å². The molecule has 0 fully saturated rings. The van der Waals surface area contributed by atoms with Gasteiger partial charge in [0.25, 0.3) is 5.56 Å². The third-order valence-electron chi connectivity index (χ3n) is 6.01. The molecule has 1 heterocycles. The second-order valence-corrected chi connectivity index (χ2v) is 8.51. The van der Waals surface area contributed by atoms with Gasteiger partial charge in [-0.05, 0) is 72.9 Å². The standard InChI is InChI=1S/C28H26N2O/c1-20-15-24-13-14-25(17-26(24)30-27(20)31)28(2,19-29)18-23-10-6-9-22(16-23)12-11-21-7-4-3-5-8-21/h3-10,13-17H,11-12,18H2,1-2H3,(H,30,31). The number of hydrogen-bond acceptors (Lipinski definition) is 2. The molecule has 0 aliphatic heterocycles. The molecule has 1 N–H and O–H groups in total. The lowest BCUT2D eigenvalue weighted by Crippen LogP contribution is -2.23. The van der Waals surface area contributed by atoms with Gasteiger partial charge in [-0.15, -0.1) is 0 Å².